The van der Waals surface area contributed by atoms with Crippen LogP contribution < -0.4 is 20.1 Å². The summed E-state index contributed by atoms with van der Waals surface area (Å²) in [5.74, 6) is -1.08. The molecule has 0 saturated heterocycles. The zero-order chi connectivity index (χ0) is 35.3. The fourth-order valence-corrected chi connectivity index (χ4v) is 8.59. The van der Waals surface area contributed by atoms with Crippen molar-refractivity contribution in [3.63, 3.8) is 0 Å². The summed E-state index contributed by atoms with van der Waals surface area (Å²) in [5, 5.41) is 6.00. The average molecular weight is 823 g/mol. The van der Waals surface area contributed by atoms with Gasteiger partial charge < -0.3 is 20.3 Å². The number of benzene rings is 3. The Hall–Kier alpha value is -3.43. The lowest BCUT2D eigenvalue weighted by Gasteiger charge is -2.41. The molecule has 0 bridgehead atoms. The largest absolute Gasteiger partial charge is 0.457 e. The molecule has 3 aromatic rings. The number of fused-ring (bicyclic) bond motifs is 1. The van der Waals surface area contributed by atoms with E-state index in [9.17, 15) is 27.2 Å². The van der Waals surface area contributed by atoms with Crippen molar-refractivity contribution < 1.29 is 31.9 Å². The second-order valence-electron chi connectivity index (χ2n) is 13.9. The van der Waals surface area contributed by atoms with E-state index in [1.807, 2.05) is 55.5 Å². The van der Waals surface area contributed by atoms with E-state index in [0.29, 0.717) is 35.1 Å². The maximum absolute atomic E-state index is 14.5. The molecule has 3 aromatic carbocycles. The van der Waals surface area contributed by atoms with Crippen molar-refractivity contribution in [3.8, 4) is 11.5 Å². The first-order valence-electron chi connectivity index (χ1n) is 16.0. The van der Waals surface area contributed by atoms with E-state index >= 15 is 0 Å². The summed E-state index contributed by atoms with van der Waals surface area (Å²) < 4.78 is 46.8. The molecule has 14 heteroatoms. The second-order valence-corrected chi connectivity index (χ2v) is 17.8. The van der Waals surface area contributed by atoms with Crippen LogP contribution in [0.25, 0.3) is 0 Å². The number of halogens is 3. The highest BCUT2D eigenvalue weighted by atomic mass is 127. The van der Waals surface area contributed by atoms with Gasteiger partial charge in [0.15, 0.2) is 0 Å². The molecule has 3 N–H and O–H groups in total. The molecule has 1 unspecified atom stereocenters. The molecule has 2 aliphatic carbocycles. The summed E-state index contributed by atoms with van der Waals surface area (Å²) in [7, 11) is -3.84. The number of nitrogens with zero attached hydrogens (tertiary/aromatic N) is 1. The molecule has 260 valence electrons. The molecule has 2 saturated carbocycles. The molecule has 49 heavy (non-hydrogen) atoms. The van der Waals surface area contributed by atoms with E-state index in [2.05, 4.69) is 15.4 Å². The van der Waals surface area contributed by atoms with Gasteiger partial charge >= 0.3 is 0 Å². The lowest BCUT2D eigenvalue weighted by molar-refractivity contribution is -0.144. The highest BCUT2D eigenvalue weighted by Gasteiger charge is 2.62. The van der Waals surface area contributed by atoms with Crippen molar-refractivity contribution in [1.82, 2.24) is 14.9 Å². The Morgan fingerprint density at radius 1 is 1.02 bits per heavy atom. The standard InChI is InChI=1S/C35H37ClFIN4O6S/c1-34(2,3)30(39-24-10-8-23(37)9-11-24)32(44)42-19-20-7-12-26(48-25-6-4-5-22(36)17-25)15-21(20)16-28(42)31(43)40-35(18-29(35)38)33(45)41-49(46,47)27-13-14-27/h4-12,15,17,27-30,39H,13-14,16,18-19H2,1-3H3,(H,40,43)(H,41,45)/t28?,29-,30-,35-/m1/s1. The number of nitrogens with one attached hydrogen (secondary N) is 3. The van der Waals surface area contributed by atoms with Crippen LogP contribution >= 0.6 is 34.2 Å². The number of carbonyl (C=O) groups is 3. The summed E-state index contributed by atoms with van der Waals surface area (Å²) in [6.45, 7) is 5.76. The predicted octanol–water partition coefficient (Wildman–Crippen LogP) is 5.72. The number of ether oxygens (including phenoxy) is 1. The third kappa shape index (κ3) is 7.83. The zero-order valence-electron chi connectivity index (χ0n) is 27.1. The number of rotatable bonds is 10. The lowest BCUT2D eigenvalue weighted by atomic mass is 9.84. The van der Waals surface area contributed by atoms with Gasteiger partial charge in [0.1, 0.15) is 34.9 Å². The van der Waals surface area contributed by atoms with Crippen LogP contribution in [0.15, 0.2) is 66.7 Å². The molecule has 10 nitrogen and oxygen atoms in total. The van der Waals surface area contributed by atoms with Crippen LogP contribution in [0.4, 0.5) is 10.1 Å². The minimum absolute atomic E-state index is 0.0876. The summed E-state index contributed by atoms with van der Waals surface area (Å²) in [6, 6.07) is 16.2. The van der Waals surface area contributed by atoms with Crippen molar-refractivity contribution in [2.45, 2.75) is 79.8 Å². The van der Waals surface area contributed by atoms with Crippen LogP contribution in [-0.2, 0) is 37.4 Å². The Kier molecular flexibility index (Phi) is 9.65. The molecular formula is C35H37ClFIN4O6S. The Balaban J connectivity index is 1.31. The number of amides is 3. The van der Waals surface area contributed by atoms with Gasteiger partial charge in [-0.3, -0.25) is 19.1 Å². The van der Waals surface area contributed by atoms with Gasteiger partial charge in [-0.05, 0) is 90.4 Å². The maximum Gasteiger partial charge on any atom is 0.260 e. The molecule has 0 aromatic heterocycles. The van der Waals surface area contributed by atoms with Gasteiger partial charge in [0.25, 0.3) is 5.91 Å². The quantitative estimate of drug-likeness (QED) is 0.176. The Bertz CT molecular complexity index is 1900. The third-order valence-corrected chi connectivity index (χ3v) is 12.6. The fraction of sp³-hybridized carbons (Fsp3) is 0.400. The summed E-state index contributed by atoms with van der Waals surface area (Å²) >= 11 is 8.17. The normalized spacial score (nSPS) is 22.4. The fourth-order valence-electron chi connectivity index (χ4n) is 5.91. The molecule has 3 aliphatic rings. The molecule has 0 radical (unpaired) electrons. The molecule has 2 fully saturated rings. The second kappa shape index (κ2) is 13.4. The molecule has 0 spiro atoms. The highest BCUT2D eigenvalue weighted by Crippen LogP contribution is 2.44. The Morgan fingerprint density at radius 3 is 2.31 bits per heavy atom. The number of hydrogen-bond donors (Lipinski definition) is 3. The van der Waals surface area contributed by atoms with Gasteiger partial charge in [-0.25, -0.2) is 12.8 Å². The maximum atomic E-state index is 14.5. The van der Waals surface area contributed by atoms with Crippen molar-refractivity contribution >= 4 is 67.6 Å². The zero-order valence-corrected chi connectivity index (χ0v) is 30.9. The van der Waals surface area contributed by atoms with Gasteiger partial charge in [-0.15, -0.1) is 0 Å². The van der Waals surface area contributed by atoms with E-state index in [1.54, 1.807) is 42.5 Å². The number of alkyl halides is 1. The number of carbonyl (C=O) groups excluding carboxylic acids is 3. The Labute approximate surface area is 303 Å². The minimum Gasteiger partial charge on any atom is -0.457 e. The number of hydrogen-bond acceptors (Lipinski definition) is 7. The van der Waals surface area contributed by atoms with E-state index in [0.717, 1.165) is 11.1 Å². The van der Waals surface area contributed by atoms with Crippen molar-refractivity contribution in [2.75, 3.05) is 5.32 Å². The Morgan fingerprint density at radius 2 is 1.69 bits per heavy atom. The topological polar surface area (TPSA) is 134 Å². The molecule has 1 heterocycles. The van der Waals surface area contributed by atoms with Gasteiger partial charge in [0.2, 0.25) is 21.8 Å². The van der Waals surface area contributed by atoms with E-state index in [1.165, 1.54) is 17.0 Å². The summed E-state index contributed by atoms with van der Waals surface area (Å²) in [5.41, 5.74) is 0.0607. The van der Waals surface area contributed by atoms with Gasteiger partial charge in [0.05, 0.1) is 5.25 Å². The van der Waals surface area contributed by atoms with Crippen molar-refractivity contribution in [2.24, 2.45) is 5.41 Å². The summed E-state index contributed by atoms with van der Waals surface area (Å²) in [6.07, 6.45) is 1.32. The van der Waals surface area contributed by atoms with Crippen LogP contribution in [0.1, 0.15) is 51.2 Å². The van der Waals surface area contributed by atoms with E-state index in [4.69, 9.17) is 16.3 Å². The van der Waals surface area contributed by atoms with E-state index < -0.39 is 55.9 Å². The lowest BCUT2D eigenvalue weighted by Crippen LogP contribution is -2.61. The van der Waals surface area contributed by atoms with Gasteiger partial charge in [-0.2, -0.15) is 0 Å². The molecule has 4 atom stereocenters. The molecule has 6 rings (SSSR count). The molecule has 3 amide bonds. The van der Waals surface area contributed by atoms with Crippen LogP contribution in [0, 0.1) is 11.2 Å². The van der Waals surface area contributed by atoms with Gasteiger partial charge in [0, 0.05) is 27.6 Å². The average Bonchev–Trinajstić information content (AvgIpc) is 3.96. The smallest absolute Gasteiger partial charge is 0.260 e. The molecule has 1 aliphatic heterocycles. The van der Waals surface area contributed by atoms with Gasteiger partial charge in [-0.1, -0.05) is 67.1 Å². The molecular weight excluding hydrogens is 786 g/mol. The number of sulfonamides is 1. The van der Waals surface area contributed by atoms with Crippen LogP contribution in [-0.4, -0.2) is 57.8 Å². The summed E-state index contributed by atoms with van der Waals surface area (Å²) in [4.78, 5) is 43.7. The third-order valence-electron chi connectivity index (χ3n) is 9.02. The first-order valence-corrected chi connectivity index (χ1v) is 19.1. The SMILES string of the molecule is CC(C)(C)[C@H](Nc1ccc(F)cc1)C(=O)N1Cc2ccc(Oc3cccc(Cl)c3)cc2CC1C(=O)N[C@]1(C(=O)NS(=O)(=O)C2CC2)C[C@H]1I. The van der Waals surface area contributed by atoms with Crippen LogP contribution in [0.3, 0.4) is 0 Å². The number of anilines is 1. The van der Waals surface area contributed by atoms with E-state index in [-0.39, 0.29) is 29.2 Å². The highest BCUT2D eigenvalue weighted by molar-refractivity contribution is 14.1. The first kappa shape index (κ1) is 35.4. The van der Waals surface area contributed by atoms with Crippen molar-refractivity contribution in [3.05, 3.63) is 88.7 Å². The van der Waals surface area contributed by atoms with Crippen molar-refractivity contribution in [1.29, 1.82) is 0 Å². The first-order chi connectivity index (χ1) is 23.1. The van der Waals surface area contributed by atoms with Crippen LogP contribution in [0.2, 0.25) is 5.02 Å². The van der Waals surface area contributed by atoms with Crippen LogP contribution in [0.5, 0.6) is 11.5 Å². The predicted molar refractivity (Wildman–Crippen MR) is 193 cm³/mol. The monoisotopic (exact) mass is 822 g/mol. The minimum atomic E-state index is -3.84.